The Kier molecular flexibility index (Phi) is 8.13. The van der Waals surface area contributed by atoms with Crippen molar-refractivity contribution in [2.45, 2.75) is 13.8 Å². The van der Waals surface area contributed by atoms with Gasteiger partial charge in [-0.15, -0.1) is 0 Å². The van der Waals surface area contributed by atoms with Crippen LogP contribution in [0.1, 0.15) is 16.9 Å². The Morgan fingerprint density at radius 1 is 1.09 bits per heavy atom. The fourth-order valence-electron chi connectivity index (χ4n) is 3.06. The normalized spacial score (nSPS) is 10.9. The van der Waals surface area contributed by atoms with Crippen molar-refractivity contribution in [2.24, 2.45) is 0 Å². The fourth-order valence-corrected chi connectivity index (χ4v) is 3.06. The van der Waals surface area contributed by atoms with Gasteiger partial charge in [-0.25, -0.2) is 0 Å². The maximum absolute atomic E-state index is 12.5. The lowest BCUT2D eigenvalue weighted by atomic mass is 10.1. The largest absolute Gasteiger partial charge is 0.493 e. The molecule has 0 spiro atoms. The predicted molar refractivity (Wildman–Crippen MR) is 125 cm³/mol. The number of hydrogen-bond acceptors (Lipinski definition) is 8. The fraction of sp³-hybridized carbons (Fsp3) is 0.240. The third-order valence-electron chi connectivity index (χ3n) is 4.62. The molecule has 1 N–H and O–H groups in total. The number of carbonyl (C=O) groups excluding carboxylic acids is 1. The van der Waals surface area contributed by atoms with E-state index < -0.39 is 5.91 Å². The van der Waals surface area contributed by atoms with Crippen LogP contribution in [0.4, 0.5) is 5.82 Å². The van der Waals surface area contributed by atoms with Crippen LogP contribution >= 0.6 is 0 Å². The Morgan fingerprint density at radius 3 is 2.38 bits per heavy atom. The Labute approximate surface area is 197 Å². The molecule has 0 atom stereocenters. The van der Waals surface area contributed by atoms with E-state index >= 15 is 0 Å². The number of benzene rings is 2. The maximum Gasteiger partial charge on any atom is 0.267 e. The van der Waals surface area contributed by atoms with Crippen LogP contribution in [0.3, 0.4) is 0 Å². The zero-order valence-electron chi connectivity index (χ0n) is 19.4. The van der Waals surface area contributed by atoms with E-state index in [1.165, 1.54) is 20.3 Å². The predicted octanol–water partition coefficient (Wildman–Crippen LogP) is 4.31. The summed E-state index contributed by atoms with van der Waals surface area (Å²) in [4.78, 5) is 12.5. The number of methoxy groups -OCH3 is 2. The van der Waals surface area contributed by atoms with E-state index in [1.54, 1.807) is 25.1 Å². The third-order valence-corrected chi connectivity index (χ3v) is 4.62. The lowest BCUT2D eigenvalue weighted by Crippen LogP contribution is -2.13. The summed E-state index contributed by atoms with van der Waals surface area (Å²) >= 11 is 0. The molecule has 0 fully saturated rings. The zero-order valence-corrected chi connectivity index (χ0v) is 19.4. The second kappa shape index (κ2) is 11.4. The Bertz CT molecular complexity index is 1200. The van der Waals surface area contributed by atoms with Crippen molar-refractivity contribution in [3.8, 4) is 29.1 Å². The topological polar surface area (TPSA) is 116 Å². The summed E-state index contributed by atoms with van der Waals surface area (Å²) < 4.78 is 27.4. The first-order valence-electron chi connectivity index (χ1n) is 10.4. The summed E-state index contributed by atoms with van der Waals surface area (Å²) in [6.45, 7) is 4.25. The van der Waals surface area contributed by atoms with Crippen molar-refractivity contribution in [1.29, 1.82) is 5.26 Å². The highest BCUT2D eigenvalue weighted by molar-refractivity contribution is 6.09. The molecule has 0 saturated heterocycles. The number of rotatable bonds is 10. The van der Waals surface area contributed by atoms with Crippen molar-refractivity contribution in [3.63, 3.8) is 0 Å². The minimum atomic E-state index is -0.623. The molecule has 0 aliphatic rings. The van der Waals surface area contributed by atoms with Crippen LogP contribution in [0.25, 0.3) is 6.08 Å². The molecule has 1 amide bonds. The second-order valence-electron chi connectivity index (χ2n) is 7.21. The molecule has 9 heteroatoms. The van der Waals surface area contributed by atoms with Gasteiger partial charge in [-0.1, -0.05) is 17.3 Å². The van der Waals surface area contributed by atoms with Gasteiger partial charge in [-0.05, 0) is 55.3 Å². The molecule has 0 saturated carbocycles. The van der Waals surface area contributed by atoms with E-state index in [-0.39, 0.29) is 18.0 Å². The van der Waals surface area contributed by atoms with E-state index in [0.717, 1.165) is 11.3 Å². The number of ether oxygens (including phenoxy) is 4. The van der Waals surface area contributed by atoms with Crippen molar-refractivity contribution in [1.82, 2.24) is 5.16 Å². The molecule has 1 aromatic heterocycles. The van der Waals surface area contributed by atoms with Gasteiger partial charge in [0, 0.05) is 6.07 Å². The number of aryl methyl sites for hydroxylation is 2. The SMILES string of the molecule is COc1cc(C=C(C#N)C(=O)Nc2cc(C)on2)cc(OC)c1OCCOc1cccc(C)c1. The minimum Gasteiger partial charge on any atom is -0.493 e. The Hall–Kier alpha value is -4.45. The van der Waals surface area contributed by atoms with Gasteiger partial charge in [-0.2, -0.15) is 5.26 Å². The van der Waals surface area contributed by atoms with Gasteiger partial charge in [0.1, 0.15) is 36.4 Å². The highest BCUT2D eigenvalue weighted by Crippen LogP contribution is 2.39. The van der Waals surface area contributed by atoms with Crippen molar-refractivity contribution >= 4 is 17.8 Å². The van der Waals surface area contributed by atoms with Crippen molar-refractivity contribution < 1.29 is 28.3 Å². The van der Waals surface area contributed by atoms with E-state index in [9.17, 15) is 10.1 Å². The first-order chi connectivity index (χ1) is 16.4. The van der Waals surface area contributed by atoms with Crippen molar-refractivity contribution in [2.75, 3.05) is 32.8 Å². The van der Waals surface area contributed by atoms with Crippen LogP contribution < -0.4 is 24.3 Å². The molecular weight excluding hydrogens is 438 g/mol. The number of nitrogens with one attached hydrogen (secondary N) is 1. The molecule has 2 aromatic carbocycles. The molecule has 3 aromatic rings. The second-order valence-corrected chi connectivity index (χ2v) is 7.21. The van der Waals surface area contributed by atoms with E-state index in [0.29, 0.717) is 35.2 Å². The molecule has 0 aliphatic heterocycles. The Balaban J connectivity index is 1.73. The third kappa shape index (κ3) is 6.29. The molecule has 0 radical (unpaired) electrons. The molecule has 0 bridgehead atoms. The van der Waals surface area contributed by atoms with Crippen LogP contribution in [0.5, 0.6) is 23.0 Å². The lowest BCUT2D eigenvalue weighted by molar-refractivity contribution is -0.112. The summed E-state index contributed by atoms with van der Waals surface area (Å²) in [6, 6.07) is 14.5. The standard InChI is InChI=1S/C25H25N3O6/c1-16-6-5-7-20(10-16)32-8-9-33-24-21(30-3)13-18(14-22(24)31-4)12-19(15-26)25(29)27-23-11-17(2)34-28-23/h5-7,10-14H,8-9H2,1-4H3,(H,27,28,29). The molecule has 3 rings (SSSR count). The summed E-state index contributed by atoms with van der Waals surface area (Å²) in [5, 5.41) is 15.7. The van der Waals surface area contributed by atoms with Gasteiger partial charge in [0.2, 0.25) is 5.75 Å². The van der Waals surface area contributed by atoms with Crippen LogP contribution in [0, 0.1) is 25.2 Å². The molecule has 0 unspecified atom stereocenters. The van der Waals surface area contributed by atoms with Gasteiger partial charge >= 0.3 is 0 Å². The average molecular weight is 463 g/mol. The number of hydrogen-bond donors (Lipinski definition) is 1. The maximum atomic E-state index is 12.5. The van der Waals surface area contributed by atoms with E-state index in [2.05, 4.69) is 10.5 Å². The molecule has 9 nitrogen and oxygen atoms in total. The average Bonchev–Trinajstić information content (AvgIpc) is 3.24. The van der Waals surface area contributed by atoms with Crippen LogP contribution in [-0.2, 0) is 4.79 Å². The zero-order chi connectivity index (χ0) is 24.5. The summed E-state index contributed by atoms with van der Waals surface area (Å²) in [6.07, 6.45) is 1.41. The highest BCUT2D eigenvalue weighted by atomic mass is 16.6. The molecule has 1 heterocycles. The molecule has 0 aliphatic carbocycles. The van der Waals surface area contributed by atoms with Gasteiger partial charge in [0.25, 0.3) is 5.91 Å². The number of nitrogens with zero attached hydrogens (tertiary/aromatic N) is 2. The van der Waals surface area contributed by atoms with Crippen LogP contribution in [0.15, 0.2) is 52.6 Å². The number of nitriles is 1. The first kappa shape index (κ1) is 24.2. The Morgan fingerprint density at radius 2 is 1.79 bits per heavy atom. The summed E-state index contributed by atoms with van der Waals surface area (Å²) in [5.74, 6) is 2.03. The van der Waals surface area contributed by atoms with Crippen molar-refractivity contribution in [3.05, 3.63) is 64.9 Å². The van der Waals surface area contributed by atoms with Crippen LogP contribution in [-0.4, -0.2) is 38.5 Å². The summed E-state index contributed by atoms with van der Waals surface area (Å²) in [7, 11) is 2.98. The number of anilines is 1. The monoisotopic (exact) mass is 463 g/mol. The number of aromatic nitrogens is 1. The molecular formula is C25H25N3O6. The van der Waals surface area contributed by atoms with Crippen LogP contribution in [0.2, 0.25) is 0 Å². The van der Waals surface area contributed by atoms with E-state index in [4.69, 9.17) is 23.5 Å². The molecule has 176 valence electrons. The summed E-state index contributed by atoms with van der Waals surface area (Å²) in [5.41, 5.74) is 1.48. The first-order valence-corrected chi connectivity index (χ1v) is 10.4. The van der Waals surface area contributed by atoms with Gasteiger partial charge in [0.15, 0.2) is 17.3 Å². The quantitative estimate of drug-likeness (QED) is 0.269. The lowest BCUT2D eigenvalue weighted by Gasteiger charge is -2.16. The molecule has 34 heavy (non-hydrogen) atoms. The van der Waals surface area contributed by atoms with Gasteiger partial charge in [-0.3, -0.25) is 4.79 Å². The minimum absolute atomic E-state index is 0.134. The smallest absolute Gasteiger partial charge is 0.267 e. The van der Waals surface area contributed by atoms with Gasteiger partial charge in [0.05, 0.1) is 14.2 Å². The number of carbonyl (C=O) groups is 1. The van der Waals surface area contributed by atoms with Gasteiger partial charge < -0.3 is 28.8 Å². The van der Waals surface area contributed by atoms with E-state index in [1.807, 2.05) is 37.3 Å². The number of amides is 1. The highest BCUT2D eigenvalue weighted by Gasteiger charge is 2.16.